The molecule has 8 nitrogen and oxygen atoms in total. The quantitative estimate of drug-likeness (QED) is 0.479. The SMILES string of the molecule is Cc1ccc(CNC(=O)Cn2nc3n(CCC(C)C)c(=O)c4sccc4n3c2=O)cc1. The standard InChI is InChI=1S/C22H25N5O3S/c1-14(2)8-10-25-20(29)19-17(9-11-31-19)27-21(25)24-26(22(27)30)13-18(28)23-12-16-6-4-15(3)5-7-16/h4-7,9,11,14H,8,10,12-13H2,1-3H3,(H,23,28). The Morgan fingerprint density at radius 2 is 1.90 bits per heavy atom. The van der Waals surface area contributed by atoms with E-state index >= 15 is 0 Å². The van der Waals surface area contributed by atoms with E-state index in [1.165, 1.54) is 15.7 Å². The first-order chi connectivity index (χ1) is 14.8. The number of benzene rings is 1. The summed E-state index contributed by atoms with van der Waals surface area (Å²) in [5, 5.41) is 8.97. The van der Waals surface area contributed by atoms with Crippen molar-refractivity contribution >= 4 is 33.2 Å². The molecular formula is C22H25N5O3S. The number of rotatable bonds is 7. The van der Waals surface area contributed by atoms with E-state index in [4.69, 9.17) is 0 Å². The molecule has 0 atom stereocenters. The number of nitrogens with zero attached hydrogens (tertiary/aromatic N) is 4. The maximum atomic E-state index is 13.1. The van der Waals surface area contributed by atoms with E-state index < -0.39 is 5.69 Å². The molecule has 1 amide bonds. The van der Waals surface area contributed by atoms with Crippen molar-refractivity contribution in [2.75, 3.05) is 0 Å². The van der Waals surface area contributed by atoms with Crippen molar-refractivity contribution in [3.8, 4) is 0 Å². The highest BCUT2D eigenvalue weighted by Gasteiger charge is 2.19. The number of hydrogen-bond donors (Lipinski definition) is 1. The van der Waals surface area contributed by atoms with Gasteiger partial charge in [0.25, 0.3) is 5.56 Å². The van der Waals surface area contributed by atoms with E-state index in [1.807, 2.05) is 31.2 Å². The molecule has 4 rings (SSSR count). The lowest BCUT2D eigenvalue weighted by atomic mass is 10.1. The van der Waals surface area contributed by atoms with Crippen LogP contribution in [0.4, 0.5) is 0 Å². The Morgan fingerprint density at radius 3 is 2.61 bits per heavy atom. The molecule has 1 N–H and O–H groups in total. The first kappa shape index (κ1) is 21.0. The molecule has 0 radical (unpaired) electrons. The Hall–Kier alpha value is -3.20. The summed E-state index contributed by atoms with van der Waals surface area (Å²) in [6, 6.07) is 9.61. The van der Waals surface area contributed by atoms with E-state index in [-0.39, 0.29) is 23.8 Å². The first-order valence-corrected chi connectivity index (χ1v) is 11.1. The zero-order valence-electron chi connectivity index (χ0n) is 17.8. The smallest absolute Gasteiger partial charge is 0.350 e. The van der Waals surface area contributed by atoms with Gasteiger partial charge in [-0.25, -0.2) is 13.9 Å². The molecule has 0 bridgehead atoms. The predicted octanol–water partition coefficient (Wildman–Crippen LogP) is 2.54. The number of nitrogens with one attached hydrogen (secondary N) is 1. The molecule has 4 aromatic rings. The van der Waals surface area contributed by atoms with Crippen LogP contribution in [0.2, 0.25) is 0 Å². The van der Waals surface area contributed by atoms with Gasteiger partial charge in [-0.1, -0.05) is 43.7 Å². The lowest BCUT2D eigenvalue weighted by Crippen LogP contribution is -2.32. The van der Waals surface area contributed by atoms with Gasteiger partial charge in [-0.15, -0.1) is 16.4 Å². The minimum Gasteiger partial charge on any atom is -0.350 e. The van der Waals surface area contributed by atoms with E-state index in [2.05, 4.69) is 24.3 Å². The lowest BCUT2D eigenvalue weighted by molar-refractivity contribution is -0.122. The van der Waals surface area contributed by atoms with E-state index in [0.29, 0.717) is 29.2 Å². The molecule has 0 saturated heterocycles. The first-order valence-electron chi connectivity index (χ1n) is 10.3. The van der Waals surface area contributed by atoms with Gasteiger partial charge in [0.05, 0.1) is 5.52 Å². The van der Waals surface area contributed by atoms with Crippen molar-refractivity contribution in [2.24, 2.45) is 5.92 Å². The number of aromatic nitrogens is 4. The number of carbonyl (C=O) groups is 1. The molecule has 0 aliphatic rings. The summed E-state index contributed by atoms with van der Waals surface area (Å²) < 4.78 is 4.62. The topological polar surface area (TPSA) is 90.4 Å². The molecule has 0 spiro atoms. The zero-order chi connectivity index (χ0) is 22.1. The molecule has 31 heavy (non-hydrogen) atoms. The van der Waals surface area contributed by atoms with Crippen LogP contribution in [-0.4, -0.2) is 24.7 Å². The van der Waals surface area contributed by atoms with Gasteiger partial charge in [0.2, 0.25) is 11.7 Å². The lowest BCUT2D eigenvalue weighted by Gasteiger charge is -2.09. The molecule has 0 fully saturated rings. The average molecular weight is 440 g/mol. The van der Waals surface area contributed by atoms with Crippen LogP contribution in [0, 0.1) is 12.8 Å². The van der Waals surface area contributed by atoms with E-state index in [9.17, 15) is 14.4 Å². The van der Waals surface area contributed by atoms with Crippen molar-refractivity contribution in [2.45, 2.75) is 46.8 Å². The molecule has 3 heterocycles. The van der Waals surface area contributed by atoms with Crippen molar-refractivity contribution in [1.29, 1.82) is 0 Å². The van der Waals surface area contributed by atoms with Crippen molar-refractivity contribution < 1.29 is 4.79 Å². The number of amides is 1. The number of thiophene rings is 1. The molecule has 0 aliphatic heterocycles. The van der Waals surface area contributed by atoms with Gasteiger partial charge in [0.15, 0.2) is 0 Å². The molecule has 3 aromatic heterocycles. The van der Waals surface area contributed by atoms with Crippen LogP contribution in [0.25, 0.3) is 16.0 Å². The second-order valence-corrected chi connectivity index (χ2v) is 9.03. The molecule has 162 valence electrons. The van der Waals surface area contributed by atoms with Crippen LogP contribution in [0.3, 0.4) is 0 Å². The maximum Gasteiger partial charge on any atom is 0.352 e. The van der Waals surface area contributed by atoms with Gasteiger partial charge < -0.3 is 5.32 Å². The summed E-state index contributed by atoms with van der Waals surface area (Å²) in [5.41, 5.74) is 2.07. The molecule has 0 aliphatic carbocycles. The fourth-order valence-electron chi connectivity index (χ4n) is 3.42. The Balaban J connectivity index is 1.65. The maximum absolute atomic E-state index is 13.1. The molecule has 9 heteroatoms. The van der Waals surface area contributed by atoms with Crippen LogP contribution < -0.4 is 16.6 Å². The van der Waals surface area contributed by atoms with E-state index in [1.54, 1.807) is 16.0 Å². The van der Waals surface area contributed by atoms with Crippen LogP contribution in [0.15, 0.2) is 45.3 Å². The number of aryl methyl sites for hydroxylation is 2. The Labute approximate surface area is 182 Å². The zero-order valence-corrected chi connectivity index (χ0v) is 18.6. The second-order valence-electron chi connectivity index (χ2n) is 8.11. The summed E-state index contributed by atoms with van der Waals surface area (Å²) in [6.45, 7) is 6.78. The van der Waals surface area contributed by atoms with Crippen molar-refractivity contribution in [3.05, 3.63) is 67.7 Å². The summed E-state index contributed by atoms with van der Waals surface area (Å²) >= 11 is 1.31. The Morgan fingerprint density at radius 1 is 1.16 bits per heavy atom. The van der Waals surface area contributed by atoms with E-state index in [0.717, 1.165) is 22.2 Å². The number of carbonyl (C=O) groups excluding carboxylic acids is 1. The van der Waals surface area contributed by atoms with Crippen LogP contribution in [0.5, 0.6) is 0 Å². The summed E-state index contributed by atoms with van der Waals surface area (Å²) in [7, 11) is 0. The van der Waals surface area contributed by atoms with Gasteiger partial charge in [-0.2, -0.15) is 0 Å². The number of fused-ring (bicyclic) bond motifs is 3. The highest BCUT2D eigenvalue weighted by atomic mass is 32.1. The molecule has 1 aromatic carbocycles. The van der Waals surface area contributed by atoms with Gasteiger partial charge in [-0.05, 0) is 36.3 Å². The van der Waals surface area contributed by atoms with Crippen molar-refractivity contribution in [3.63, 3.8) is 0 Å². The molecule has 0 saturated carbocycles. The highest BCUT2D eigenvalue weighted by molar-refractivity contribution is 7.17. The molecular weight excluding hydrogens is 414 g/mol. The monoisotopic (exact) mass is 439 g/mol. The summed E-state index contributed by atoms with van der Waals surface area (Å²) in [4.78, 5) is 38.5. The van der Waals surface area contributed by atoms with Gasteiger partial charge in [0.1, 0.15) is 11.2 Å². The van der Waals surface area contributed by atoms with Crippen LogP contribution >= 0.6 is 11.3 Å². The highest BCUT2D eigenvalue weighted by Crippen LogP contribution is 2.17. The third-order valence-electron chi connectivity index (χ3n) is 5.22. The Kier molecular flexibility index (Phi) is 5.77. The van der Waals surface area contributed by atoms with Crippen LogP contribution in [0.1, 0.15) is 31.4 Å². The second kappa shape index (κ2) is 8.50. The Bertz CT molecular complexity index is 1360. The minimum absolute atomic E-state index is 0.154. The fraction of sp³-hybridized carbons (Fsp3) is 0.364. The minimum atomic E-state index is -0.429. The largest absolute Gasteiger partial charge is 0.352 e. The molecule has 0 unspecified atom stereocenters. The normalized spacial score (nSPS) is 11.6. The predicted molar refractivity (Wildman–Crippen MR) is 122 cm³/mol. The third kappa shape index (κ3) is 4.18. The van der Waals surface area contributed by atoms with Crippen LogP contribution in [-0.2, 0) is 24.4 Å². The van der Waals surface area contributed by atoms with Gasteiger partial charge >= 0.3 is 5.69 Å². The summed E-state index contributed by atoms with van der Waals surface area (Å²) in [5.74, 6) is 0.351. The number of hydrogen-bond acceptors (Lipinski definition) is 5. The fourth-order valence-corrected chi connectivity index (χ4v) is 4.25. The van der Waals surface area contributed by atoms with Gasteiger partial charge in [0, 0.05) is 13.1 Å². The summed E-state index contributed by atoms with van der Waals surface area (Å²) in [6.07, 6.45) is 0.782. The van der Waals surface area contributed by atoms with Crippen molar-refractivity contribution in [1.82, 2.24) is 24.1 Å². The third-order valence-corrected chi connectivity index (χ3v) is 6.11. The average Bonchev–Trinajstić information content (AvgIpc) is 3.33. The van der Waals surface area contributed by atoms with Gasteiger partial charge in [-0.3, -0.25) is 14.2 Å².